The van der Waals surface area contributed by atoms with Crippen LogP contribution in [0.3, 0.4) is 0 Å². The van der Waals surface area contributed by atoms with Gasteiger partial charge in [0, 0.05) is 17.8 Å². The highest BCUT2D eigenvalue weighted by atomic mass is 16.6. The van der Waals surface area contributed by atoms with E-state index in [2.05, 4.69) is 0 Å². The number of methoxy groups -OCH3 is 2. The van der Waals surface area contributed by atoms with Crippen LogP contribution in [0.25, 0.3) is 0 Å². The molecule has 7 atom stereocenters. The van der Waals surface area contributed by atoms with Crippen molar-refractivity contribution < 1.29 is 34.0 Å². The Labute approximate surface area is 144 Å². The van der Waals surface area contributed by atoms with Gasteiger partial charge in [-0.2, -0.15) is 0 Å². The number of carbonyl (C=O) groups excluding carboxylic acids is 2. The lowest BCUT2D eigenvalue weighted by atomic mass is 9.52. The fourth-order valence-corrected chi connectivity index (χ4v) is 5.05. The van der Waals surface area contributed by atoms with Crippen molar-refractivity contribution in [1.82, 2.24) is 0 Å². The van der Waals surface area contributed by atoms with Gasteiger partial charge in [0.25, 0.3) is 0 Å². The summed E-state index contributed by atoms with van der Waals surface area (Å²) in [6.45, 7) is 1.65. The Bertz CT molecular complexity index is 750. The Morgan fingerprint density at radius 3 is 2.60 bits per heavy atom. The maximum atomic E-state index is 12.8. The van der Waals surface area contributed by atoms with Crippen molar-refractivity contribution in [2.75, 3.05) is 14.2 Å². The molecule has 2 aliphatic carbocycles. The molecule has 4 aliphatic rings. The molecule has 0 amide bonds. The number of aliphatic hydroxyl groups is 2. The lowest BCUT2D eigenvalue weighted by molar-refractivity contribution is -0.245. The summed E-state index contributed by atoms with van der Waals surface area (Å²) in [7, 11) is 2.73. The highest BCUT2D eigenvalue weighted by molar-refractivity contribution is 6.03. The van der Waals surface area contributed by atoms with Gasteiger partial charge in [0.05, 0.1) is 26.4 Å². The third kappa shape index (κ3) is 1.72. The van der Waals surface area contributed by atoms with Crippen LogP contribution in [0.1, 0.15) is 30.1 Å². The molecule has 1 aromatic carbocycles. The summed E-state index contributed by atoms with van der Waals surface area (Å²) in [5, 5.41) is 21.4. The first-order valence-corrected chi connectivity index (χ1v) is 8.23. The number of fused-ring (bicyclic) bond motifs is 3. The fraction of sp³-hybridized carbons (Fsp3) is 0.556. The van der Waals surface area contributed by atoms with Crippen LogP contribution < -0.4 is 4.74 Å². The minimum atomic E-state index is -1.69. The van der Waals surface area contributed by atoms with E-state index in [9.17, 15) is 19.8 Å². The number of hydrogen-bond donors (Lipinski definition) is 2. The maximum absolute atomic E-state index is 12.8. The summed E-state index contributed by atoms with van der Waals surface area (Å²) in [5.74, 6) is -2.83. The average Bonchev–Trinajstić information content (AvgIpc) is 2.92. The van der Waals surface area contributed by atoms with Crippen LogP contribution in [0.2, 0.25) is 0 Å². The standard InChI is InChI=1S/C18H20O7/c1-7-13(19)15-11-12(18(7,16(21)24-3)17(22)25-15)10-6-8(23-2)4-5-9(10)14(11)20/h4-7,11-15,19-20H,1-3H3/t7-,11+,12+,13?,14-,15+,18+/m0/s1. The number of esters is 2. The van der Waals surface area contributed by atoms with Crippen molar-refractivity contribution in [3.8, 4) is 5.75 Å². The molecule has 134 valence electrons. The molecule has 7 heteroatoms. The summed E-state index contributed by atoms with van der Waals surface area (Å²) in [5.41, 5.74) is -0.400. The zero-order valence-electron chi connectivity index (χ0n) is 14.1. The molecule has 1 unspecified atom stereocenters. The topological polar surface area (TPSA) is 102 Å². The lowest BCUT2D eigenvalue weighted by Gasteiger charge is -2.56. The summed E-state index contributed by atoms with van der Waals surface area (Å²) in [4.78, 5) is 25.6. The molecular formula is C18H20O7. The predicted octanol–water partition coefficient (Wildman–Crippen LogP) is 0.537. The quantitative estimate of drug-likeness (QED) is 0.594. The maximum Gasteiger partial charge on any atom is 0.324 e. The molecular weight excluding hydrogens is 328 g/mol. The van der Waals surface area contributed by atoms with Gasteiger partial charge in [-0.1, -0.05) is 13.0 Å². The number of benzene rings is 1. The minimum Gasteiger partial charge on any atom is -0.497 e. The SMILES string of the molecule is COC(=O)[C@@]12C(=O)O[C@@H](C(O)[C@@H]1C)[C@@H]1[C@H]2c2cc(OC)ccc2[C@@H]1O. The van der Waals surface area contributed by atoms with Crippen molar-refractivity contribution >= 4 is 11.9 Å². The summed E-state index contributed by atoms with van der Waals surface area (Å²) in [6.07, 6.45) is -2.87. The molecule has 0 aromatic heterocycles. The van der Waals surface area contributed by atoms with Gasteiger partial charge in [-0.05, 0) is 23.3 Å². The van der Waals surface area contributed by atoms with Crippen molar-refractivity contribution in [2.45, 2.75) is 31.2 Å². The highest BCUT2D eigenvalue weighted by Crippen LogP contribution is 2.66. The Morgan fingerprint density at radius 1 is 1.24 bits per heavy atom. The van der Waals surface area contributed by atoms with Crippen LogP contribution in [-0.4, -0.2) is 48.6 Å². The van der Waals surface area contributed by atoms with Crippen LogP contribution in [-0.2, 0) is 19.1 Å². The summed E-state index contributed by atoms with van der Waals surface area (Å²) >= 11 is 0. The van der Waals surface area contributed by atoms with E-state index in [4.69, 9.17) is 14.2 Å². The number of carbonyl (C=O) groups is 2. The van der Waals surface area contributed by atoms with Gasteiger partial charge in [-0.3, -0.25) is 9.59 Å². The van der Waals surface area contributed by atoms with E-state index in [1.54, 1.807) is 25.1 Å². The predicted molar refractivity (Wildman–Crippen MR) is 83.7 cm³/mol. The Morgan fingerprint density at radius 2 is 1.96 bits per heavy atom. The molecule has 0 radical (unpaired) electrons. The molecule has 2 N–H and O–H groups in total. The monoisotopic (exact) mass is 348 g/mol. The largest absolute Gasteiger partial charge is 0.497 e. The van der Waals surface area contributed by atoms with Crippen molar-refractivity contribution in [2.24, 2.45) is 17.3 Å². The number of hydrogen-bond acceptors (Lipinski definition) is 7. The van der Waals surface area contributed by atoms with Gasteiger partial charge in [0.15, 0.2) is 5.41 Å². The van der Waals surface area contributed by atoms with Crippen molar-refractivity contribution in [3.63, 3.8) is 0 Å². The minimum absolute atomic E-state index is 0.564. The first-order valence-electron chi connectivity index (χ1n) is 8.23. The third-order valence-electron chi connectivity index (χ3n) is 6.24. The van der Waals surface area contributed by atoms with Gasteiger partial charge in [0.2, 0.25) is 0 Å². The van der Waals surface area contributed by atoms with E-state index in [1.165, 1.54) is 14.2 Å². The Kier molecular flexibility index (Phi) is 3.39. The lowest BCUT2D eigenvalue weighted by Crippen LogP contribution is -2.69. The van der Waals surface area contributed by atoms with Crippen molar-refractivity contribution in [3.05, 3.63) is 29.3 Å². The molecule has 2 heterocycles. The van der Waals surface area contributed by atoms with Gasteiger partial charge >= 0.3 is 11.9 Å². The number of rotatable bonds is 2. The Balaban J connectivity index is 1.99. The first kappa shape index (κ1) is 16.4. The van der Waals surface area contributed by atoms with Gasteiger partial charge in [-0.15, -0.1) is 0 Å². The highest BCUT2D eigenvalue weighted by Gasteiger charge is 2.75. The smallest absolute Gasteiger partial charge is 0.324 e. The molecule has 5 rings (SSSR count). The summed E-state index contributed by atoms with van der Waals surface area (Å²) in [6, 6.07) is 5.18. The van der Waals surface area contributed by atoms with E-state index in [0.717, 1.165) is 0 Å². The number of ether oxygens (including phenoxy) is 3. The number of aliphatic hydroxyl groups excluding tert-OH is 2. The van der Waals surface area contributed by atoms with Crippen LogP contribution in [0.15, 0.2) is 18.2 Å². The molecule has 2 saturated heterocycles. The first-order chi connectivity index (χ1) is 11.9. The molecule has 0 spiro atoms. The van der Waals surface area contributed by atoms with Crippen LogP contribution >= 0.6 is 0 Å². The van der Waals surface area contributed by atoms with Gasteiger partial charge in [0.1, 0.15) is 11.9 Å². The second-order valence-electron chi connectivity index (χ2n) is 7.00. The van der Waals surface area contributed by atoms with E-state index < -0.39 is 53.4 Å². The molecule has 2 aliphatic heterocycles. The molecule has 25 heavy (non-hydrogen) atoms. The molecule has 2 bridgehead atoms. The Hall–Kier alpha value is -2.12. The van der Waals surface area contributed by atoms with Crippen molar-refractivity contribution in [1.29, 1.82) is 0 Å². The zero-order chi connectivity index (χ0) is 18.1. The van der Waals surface area contributed by atoms with E-state index in [-0.39, 0.29) is 0 Å². The average molecular weight is 348 g/mol. The van der Waals surface area contributed by atoms with Gasteiger partial charge < -0.3 is 24.4 Å². The molecule has 7 nitrogen and oxygen atoms in total. The van der Waals surface area contributed by atoms with Crippen LogP contribution in [0.4, 0.5) is 0 Å². The summed E-state index contributed by atoms with van der Waals surface area (Å²) < 4.78 is 15.6. The molecule has 1 aromatic rings. The van der Waals surface area contributed by atoms with Crippen LogP contribution in [0.5, 0.6) is 5.75 Å². The van der Waals surface area contributed by atoms with E-state index in [0.29, 0.717) is 16.9 Å². The third-order valence-corrected chi connectivity index (χ3v) is 6.24. The second-order valence-corrected chi connectivity index (χ2v) is 7.00. The van der Waals surface area contributed by atoms with E-state index in [1.807, 2.05) is 0 Å². The molecule has 3 fully saturated rings. The zero-order valence-corrected chi connectivity index (χ0v) is 14.1. The van der Waals surface area contributed by atoms with Crippen LogP contribution in [0, 0.1) is 17.3 Å². The second kappa shape index (κ2) is 5.19. The molecule has 1 saturated carbocycles. The normalized spacial score (nSPS) is 40.9. The van der Waals surface area contributed by atoms with E-state index >= 15 is 0 Å². The fourth-order valence-electron chi connectivity index (χ4n) is 5.05. The van der Waals surface area contributed by atoms with Gasteiger partial charge in [-0.25, -0.2) is 0 Å².